The van der Waals surface area contributed by atoms with Crippen LogP contribution in [0.25, 0.3) is 0 Å². The van der Waals surface area contributed by atoms with Gasteiger partial charge in [0.1, 0.15) is 5.82 Å². The van der Waals surface area contributed by atoms with Crippen LogP contribution in [0, 0.1) is 5.82 Å². The van der Waals surface area contributed by atoms with Gasteiger partial charge in [-0.2, -0.15) is 0 Å². The van der Waals surface area contributed by atoms with E-state index in [1.165, 1.54) is 38.4 Å². The van der Waals surface area contributed by atoms with E-state index in [1.807, 2.05) is 4.90 Å². The summed E-state index contributed by atoms with van der Waals surface area (Å²) >= 11 is 3.21. The fraction of sp³-hybridized carbons (Fsp3) is 0.316. The lowest BCUT2D eigenvalue weighted by Gasteiger charge is -2.29. The van der Waals surface area contributed by atoms with Crippen LogP contribution in [0.3, 0.4) is 0 Å². The Hall–Kier alpha value is -2.01. The summed E-state index contributed by atoms with van der Waals surface area (Å²) in [5, 5.41) is 2.61. The molecule has 1 saturated heterocycles. The molecule has 29 heavy (non-hydrogen) atoms. The van der Waals surface area contributed by atoms with E-state index in [-0.39, 0.29) is 16.1 Å². The highest BCUT2D eigenvalue weighted by atomic mass is 79.9. The molecule has 1 aliphatic rings. The van der Waals surface area contributed by atoms with Crippen molar-refractivity contribution in [3.8, 4) is 0 Å². The lowest BCUT2D eigenvalue weighted by molar-refractivity contribution is 0.102. The number of morpholine rings is 1. The molecule has 0 aromatic heterocycles. The third kappa shape index (κ3) is 4.77. The van der Waals surface area contributed by atoms with E-state index in [2.05, 4.69) is 21.2 Å². The Bertz CT molecular complexity index is 1020. The van der Waals surface area contributed by atoms with Crippen molar-refractivity contribution in [3.63, 3.8) is 0 Å². The van der Waals surface area contributed by atoms with Crippen molar-refractivity contribution in [3.05, 3.63) is 52.3 Å². The van der Waals surface area contributed by atoms with E-state index < -0.39 is 21.7 Å². The van der Waals surface area contributed by atoms with Crippen molar-refractivity contribution in [1.29, 1.82) is 0 Å². The number of anilines is 2. The number of rotatable bonds is 5. The molecule has 2 aromatic carbocycles. The third-order valence-corrected chi connectivity index (χ3v) is 7.32. The predicted molar refractivity (Wildman–Crippen MR) is 112 cm³/mol. The van der Waals surface area contributed by atoms with Crippen LogP contribution >= 0.6 is 15.9 Å². The number of amides is 1. The fourth-order valence-electron chi connectivity index (χ4n) is 2.89. The van der Waals surface area contributed by atoms with Crippen LogP contribution in [-0.2, 0) is 14.8 Å². The van der Waals surface area contributed by atoms with Crippen molar-refractivity contribution in [2.45, 2.75) is 4.90 Å². The normalized spacial score (nSPS) is 14.9. The van der Waals surface area contributed by atoms with Gasteiger partial charge in [0.15, 0.2) is 0 Å². The van der Waals surface area contributed by atoms with Gasteiger partial charge in [-0.3, -0.25) is 4.79 Å². The fourth-order valence-corrected chi connectivity index (χ4v) is 4.73. The molecule has 0 saturated carbocycles. The molecular weight excluding hydrogens is 465 g/mol. The zero-order valence-corrected chi connectivity index (χ0v) is 18.4. The second-order valence-electron chi connectivity index (χ2n) is 6.65. The minimum absolute atomic E-state index is 0.0241. The van der Waals surface area contributed by atoms with Gasteiger partial charge in [-0.05, 0) is 52.3 Å². The van der Waals surface area contributed by atoms with Gasteiger partial charge in [0.2, 0.25) is 10.0 Å². The zero-order valence-electron chi connectivity index (χ0n) is 16.0. The van der Waals surface area contributed by atoms with Gasteiger partial charge in [-0.15, -0.1) is 0 Å². The van der Waals surface area contributed by atoms with E-state index in [1.54, 1.807) is 12.1 Å². The minimum Gasteiger partial charge on any atom is -0.378 e. The minimum atomic E-state index is -3.73. The van der Waals surface area contributed by atoms with Gasteiger partial charge in [-0.1, -0.05) is 0 Å². The highest BCUT2D eigenvalue weighted by Crippen LogP contribution is 2.27. The van der Waals surface area contributed by atoms with Crippen LogP contribution in [0.2, 0.25) is 0 Å². The summed E-state index contributed by atoms with van der Waals surface area (Å²) in [7, 11) is -0.910. The van der Waals surface area contributed by atoms with Gasteiger partial charge >= 0.3 is 0 Å². The van der Waals surface area contributed by atoms with Gasteiger partial charge in [0.05, 0.1) is 23.8 Å². The standard InChI is InChI=1S/C19H21BrFN3O4S/c1-23(2)29(26,27)18-11-13(3-5-15(18)20)19(25)22-14-4-6-17(16(21)12-14)24-7-9-28-10-8-24/h3-6,11-12H,7-10H2,1-2H3,(H,22,25). The number of sulfonamides is 1. The van der Waals surface area contributed by atoms with E-state index >= 15 is 0 Å². The van der Waals surface area contributed by atoms with Crippen LogP contribution in [0.15, 0.2) is 45.8 Å². The Balaban J connectivity index is 1.81. The molecule has 0 radical (unpaired) electrons. The molecule has 0 spiro atoms. The van der Waals surface area contributed by atoms with Crippen molar-refractivity contribution < 1.29 is 22.3 Å². The Morgan fingerprint density at radius 1 is 1.17 bits per heavy atom. The second kappa shape index (κ2) is 8.78. The zero-order chi connectivity index (χ0) is 21.2. The number of carbonyl (C=O) groups is 1. The Morgan fingerprint density at radius 2 is 1.86 bits per heavy atom. The number of hydrogen-bond acceptors (Lipinski definition) is 5. The van der Waals surface area contributed by atoms with E-state index in [0.29, 0.717) is 36.5 Å². The molecule has 1 N–H and O–H groups in total. The van der Waals surface area contributed by atoms with Crippen LogP contribution in [0.4, 0.5) is 15.8 Å². The number of ether oxygens (including phenoxy) is 1. The molecular formula is C19H21BrFN3O4S. The average molecular weight is 486 g/mol. The molecule has 0 atom stereocenters. The van der Waals surface area contributed by atoms with Gasteiger partial charge in [0.25, 0.3) is 5.91 Å². The molecule has 1 fully saturated rings. The smallest absolute Gasteiger partial charge is 0.255 e. The summed E-state index contributed by atoms with van der Waals surface area (Å²) in [6.07, 6.45) is 0. The van der Waals surface area contributed by atoms with Crippen LogP contribution < -0.4 is 10.2 Å². The summed E-state index contributed by atoms with van der Waals surface area (Å²) in [6, 6.07) is 8.74. The molecule has 0 aliphatic carbocycles. The van der Waals surface area contributed by atoms with E-state index in [9.17, 15) is 17.6 Å². The number of nitrogens with zero attached hydrogens (tertiary/aromatic N) is 2. The van der Waals surface area contributed by atoms with Crippen molar-refractivity contribution in [2.75, 3.05) is 50.6 Å². The molecule has 1 heterocycles. The van der Waals surface area contributed by atoms with Crippen LogP contribution in [0.5, 0.6) is 0 Å². The van der Waals surface area contributed by atoms with Gasteiger partial charge < -0.3 is 15.0 Å². The summed E-state index contributed by atoms with van der Waals surface area (Å²) in [5.41, 5.74) is 0.880. The molecule has 1 aliphatic heterocycles. The monoisotopic (exact) mass is 485 g/mol. The molecule has 7 nitrogen and oxygen atoms in total. The number of halogens is 2. The molecule has 3 rings (SSSR count). The lowest BCUT2D eigenvalue weighted by Crippen LogP contribution is -2.36. The van der Waals surface area contributed by atoms with E-state index in [0.717, 1.165) is 4.31 Å². The lowest BCUT2D eigenvalue weighted by atomic mass is 10.2. The van der Waals surface area contributed by atoms with Crippen LogP contribution in [-0.4, -0.2) is 59.0 Å². The number of hydrogen-bond donors (Lipinski definition) is 1. The molecule has 0 unspecified atom stereocenters. The van der Waals surface area contributed by atoms with Gasteiger partial charge in [0, 0.05) is 42.9 Å². The summed E-state index contributed by atoms with van der Waals surface area (Å²) < 4.78 is 46.1. The summed E-state index contributed by atoms with van der Waals surface area (Å²) in [4.78, 5) is 14.5. The first-order chi connectivity index (χ1) is 13.7. The first-order valence-electron chi connectivity index (χ1n) is 8.86. The van der Waals surface area contributed by atoms with Crippen molar-refractivity contribution in [2.24, 2.45) is 0 Å². The first kappa shape index (κ1) is 21.7. The number of nitrogens with one attached hydrogen (secondary N) is 1. The van der Waals surface area contributed by atoms with E-state index in [4.69, 9.17) is 4.74 Å². The SMILES string of the molecule is CN(C)S(=O)(=O)c1cc(C(=O)Nc2ccc(N3CCOCC3)c(F)c2)ccc1Br. The molecule has 0 bridgehead atoms. The predicted octanol–water partition coefficient (Wildman–Crippen LogP) is 2.93. The molecule has 10 heteroatoms. The van der Waals surface area contributed by atoms with Crippen molar-refractivity contribution >= 4 is 43.2 Å². The van der Waals surface area contributed by atoms with Crippen molar-refractivity contribution in [1.82, 2.24) is 4.31 Å². The quantitative estimate of drug-likeness (QED) is 0.704. The number of benzene rings is 2. The van der Waals surface area contributed by atoms with Crippen LogP contribution in [0.1, 0.15) is 10.4 Å². The first-order valence-corrected chi connectivity index (χ1v) is 11.1. The Morgan fingerprint density at radius 3 is 2.48 bits per heavy atom. The molecule has 156 valence electrons. The average Bonchev–Trinajstić information content (AvgIpc) is 2.68. The highest BCUT2D eigenvalue weighted by molar-refractivity contribution is 9.10. The maximum Gasteiger partial charge on any atom is 0.255 e. The maximum atomic E-state index is 14.5. The molecule has 2 aromatic rings. The highest BCUT2D eigenvalue weighted by Gasteiger charge is 2.22. The largest absolute Gasteiger partial charge is 0.378 e. The number of carbonyl (C=O) groups excluding carboxylic acids is 1. The maximum absolute atomic E-state index is 14.5. The molecule has 1 amide bonds. The third-order valence-electron chi connectivity index (χ3n) is 4.51. The topological polar surface area (TPSA) is 79.0 Å². The summed E-state index contributed by atoms with van der Waals surface area (Å²) in [6.45, 7) is 2.29. The Kier molecular flexibility index (Phi) is 6.57. The van der Waals surface area contributed by atoms with Gasteiger partial charge in [-0.25, -0.2) is 17.1 Å². The summed E-state index contributed by atoms with van der Waals surface area (Å²) in [5.74, 6) is -0.984. The Labute approximate surface area is 177 Å². The second-order valence-corrected chi connectivity index (χ2v) is 9.63.